The number of ether oxygens (including phenoxy) is 2. The number of methoxy groups -OCH3 is 2. The molecule has 1 aliphatic rings. The molecule has 2 heterocycles. The quantitative estimate of drug-likeness (QED) is 0.611. The van der Waals surface area contributed by atoms with Crippen molar-refractivity contribution in [2.45, 2.75) is 25.6 Å². The molecule has 2 aromatic carbocycles. The molecule has 0 radical (unpaired) electrons. The van der Waals surface area contributed by atoms with Gasteiger partial charge in [0.1, 0.15) is 11.5 Å². The number of nitrogens with zero attached hydrogens (tertiary/aromatic N) is 2. The van der Waals surface area contributed by atoms with Gasteiger partial charge in [0.15, 0.2) is 0 Å². The van der Waals surface area contributed by atoms with Gasteiger partial charge in [-0.25, -0.2) is 0 Å². The molecule has 8 heteroatoms. The maximum atomic E-state index is 12.8. The summed E-state index contributed by atoms with van der Waals surface area (Å²) in [4.78, 5) is 25.4. The third-order valence-electron chi connectivity index (χ3n) is 5.31. The lowest BCUT2D eigenvalue weighted by Gasteiger charge is -2.14. The van der Waals surface area contributed by atoms with Gasteiger partial charge in [-0.1, -0.05) is 30.3 Å². The monoisotopic (exact) mass is 420 g/mol. The first-order valence-corrected chi connectivity index (χ1v) is 9.98. The van der Waals surface area contributed by atoms with Gasteiger partial charge in [-0.05, 0) is 17.7 Å². The highest BCUT2D eigenvalue weighted by Gasteiger charge is 2.29. The largest absolute Gasteiger partial charge is 0.497 e. The lowest BCUT2D eigenvalue weighted by atomic mass is 10.1. The Kier molecular flexibility index (Phi) is 5.88. The predicted molar refractivity (Wildman–Crippen MR) is 114 cm³/mol. The van der Waals surface area contributed by atoms with Gasteiger partial charge in [0, 0.05) is 19.0 Å². The van der Waals surface area contributed by atoms with Crippen LogP contribution in [0.3, 0.4) is 0 Å². The van der Waals surface area contributed by atoms with Crippen LogP contribution in [0.15, 0.2) is 54.7 Å². The average molecular weight is 420 g/mol. The van der Waals surface area contributed by atoms with Crippen molar-refractivity contribution in [2.75, 3.05) is 14.2 Å². The minimum absolute atomic E-state index is 0.163. The maximum Gasteiger partial charge on any atom is 0.255 e. The number of rotatable bonds is 7. The summed E-state index contributed by atoms with van der Waals surface area (Å²) in [6, 6.07) is 14.6. The summed E-state index contributed by atoms with van der Waals surface area (Å²) in [5, 5.41) is 10.3. The number of benzene rings is 2. The molecule has 1 aliphatic heterocycles. The molecule has 2 amide bonds. The van der Waals surface area contributed by atoms with Crippen LogP contribution in [0, 0.1) is 0 Å². The van der Waals surface area contributed by atoms with E-state index in [4.69, 9.17) is 9.47 Å². The first-order valence-electron chi connectivity index (χ1n) is 9.98. The van der Waals surface area contributed by atoms with Crippen molar-refractivity contribution in [3.63, 3.8) is 0 Å². The fourth-order valence-corrected chi connectivity index (χ4v) is 3.70. The number of fused-ring (bicyclic) bond motifs is 1. The second-order valence-corrected chi connectivity index (χ2v) is 7.30. The van der Waals surface area contributed by atoms with Gasteiger partial charge in [-0.15, -0.1) is 0 Å². The third kappa shape index (κ3) is 4.37. The third-order valence-corrected chi connectivity index (χ3v) is 5.31. The molecule has 31 heavy (non-hydrogen) atoms. The molecule has 4 rings (SSSR count). The van der Waals surface area contributed by atoms with Gasteiger partial charge in [0.2, 0.25) is 0 Å². The van der Waals surface area contributed by atoms with E-state index in [0.29, 0.717) is 42.1 Å². The van der Waals surface area contributed by atoms with Crippen LogP contribution in [-0.4, -0.2) is 41.9 Å². The number of aromatic nitrogens is 2. The Morgan fingerprint density at radius 1 is 1.06 bits per heavy atom. The first-order chi connectivity index (χ1) is 15.1. The number of hydrogen-bond acceptors (Lipinski definition) is 5. The van der Waals surface area contributed by atoms with Crippen LogP contribution in [0.25, 0.3) is 0 Å². The smallest absolute Gasteiger partial charge is 0.255 e. The number of nitrogens with one attached hydrogen (secondary N) is 2. The second kappa shape index (κ2) is 8.91. The van der Waals surface area contributed by atoms with E-state index >= 15 is 0 Å². The van der Waals surface area contributed by atoms with Crippen LogP contribution < -0.4 is 20.1 Å². The summed E-state index contributed by atoms with van der Waals surface area (Å²) in [6.45, 7) is 0.952. The minimum atomic E-state index is -0.245. The minimum Gasteiger partial charge on any atom is -0.497 e. The van der Waals surface area contributed by atoms with Crippen LogP contribution in [0.5, 0.6) is 11.5 Å². The lowest BCUT2D eigenvalue weighted by molar-refractivity contribution is 0.0931. The lowest BCUT2D eigenvalue weighted by Crippen LogP contribution is -2.36. The SMILES string of the molecule is COc1ccc(C(=O)N[C@H]2Cc3c(C(=O)NCc4ccccc4)cnn3C2)c(OC)c1. The highest BCUT2D eigenvalue weighted by atomic mass is 16.5. The fraction of sp³-hybridized carbons (Fsp3) is 0.261. The molecule has 0 fully saturated rings. The number of carbonyl (C=O) groups is 2. The summed E-state index contributed by atoms with van der Waals surface area (Å²) in [6.07, 6.45) is 2.11. The van der Waals surface area contributed by atoms with Gasteiger partial charge in [0.25, 0.3) is 11.8 Å². The predicted octanol–water partition coefficient (Wildman–Crippen LogP) is 2.18. The van der Waals surface area contributed by atoms with Crippen LogP contribution in [-0.2, 0) is 19.5 Å². The van der Waals surface area contributed by atoms with E-state index in [-0.39, 0.29) is 17.9 Å². The second-order valence-electron chi connectivity index (χ2n) is 7.30. The number of amides is 2. The van der Waals surface area contributed by atoms with Crippen LogP contribution in [0.1, 0.15) is 32.0 Å². The molecule has 2 N–H and O–H groups in total. The van der Waals surface area contributed by atoms with Gasteiger partial charge >= 0.3 is 0 Å². The van der Waals surface area contributed by atoms with Crippen molar-refractivity contribution in [1.82, 2.24) is 20.4 Å². The molecule has 0 saturated carbocycles. The molecule has 3 aromatic rings. The molecule has 1 atom stereocenters. The molecule has 8 nitrogen and oxygen atoms in total. The van der Waals surface area contributed by atoms with Crippen molar-refractivity contribution in [3.8, 4) is 11.5 Å². The van der Waals surface area contributed by atoms with Crippen molar-refractivity contribution in [3.05, 3.63) is 77.1 Å². The molecule has 1 aromatic heterocycles. The van der Waals surface area contributed by atoms with Crippen LogP contribution >= 0.6 is 0 Å². The molecule has 0 bridgehead atoms. The number of carbonyl (C=O) groups excluding carboxylic acids is 2. The Balaban J connectivity index is 1.40. The van der Waals surface area contributed by atoms with E-state index in [2.05, 4.69) is 15.7 Å². The highest BCUT2D eigenvalue weighted by molar-refractivity contribution is 5.97. The fourth-order valence-electron chi connectivity index (χ4n) is 3.70. The Morgan fingerprint density at radius 2 is 1.87 bits per heavy atom. The van der Waals surface area contributed by atoms with Crippen LogP contribution in [0.2, 0.25) is 0 Å². The molecule has 160 valence electrons. The summed E-state index contributed by atoms with van der Waals surface area (Å²) < 4.78 is 12.3. The van der Waals surface area contributed by atoms with Gasteiger partial charge in [-0.2, -0.15) is 5.10 Å². The van der Waals surface area contributed by atoms with Gasteiger partial charge < -0.3 is 20.1 Å². The van der Waals surface area contributed by atoms with Crippen molar-refractivity contribution in [1.29, 1.82) is 0 Å². The first kappa shape index (κ1) is 20.5. The zero-order valence-corrected chi connectivity index (χ0v) is 17.4. The van der Waals surface area contributed by atoms with E-state index in [1.54, 1.807) is 36.2 Å². The Labute approximate surface area is 180 Å². The Bertz CT molecular complexity index is 1090. The van der Waals surface area contributed by atoms with E-state index < -0.39 is 0 Å². The molecule has 0 aliphatic carbocycles. The molecule has 0 unspecified atom stereocenters. The van der Waals surface area contributed by atoms with Crippen molar-refractivity contribution >= 4 is 11.8 Å². The Hall–Kier alpha value is -3.81. The standard InChI is InChI=1S/C23H24N4O4/c1-30-17-8-9-18(21(11-17)31-2)23(29)26-16-10-20-19(13-25-27(20)14-16)22(28)24-12-15-6-4-3-5-7-15/h3-9,11,13,16H,10,12,14H2,1-2H3,(H,24,28)(H,26,29)/t16-/m0/s1. The maximum absolute atomic E-state index is 12.8. The summed E-state index contributed by atoms with van der Waals surface area (Å²) in [7, 11) is 3.07. The van der Waals surface area contributed by atoms with E-state index in [1.807, 2.05) is 30.3 Å². The topological polar surface area (TPSA) is 94.5 Å². The molecule has 0 spiro atoms. The molecular formula is C23H24N4O4. The van der Waals surface area contributed by atoms with E-state index in [0.717, 1.165) is 11.3 Å². The highest BCUT2D eigenvalue weighted by Crippen LogP contribution is 2.25. The summed E-state index contributed by atoms with van der Waals surface area (Å²) in [5.41, 5.74) is 2.80. The molecule has 0 saturated heterocycles. The average Bonchev–Trinajstić information content (AvgIpc) is 3.37. The van der Waals surface area contributed by atoms with Crippen molar-refractivity contribution < 1.29 is 19.1 Å². The van der Waals surface area contributed by atoms with Crippen LogP contribution in [0.4, 0.5) is 0 Å². The van der Waals surface area contributed by atoms with Crippen molar-refractivity contribution in [2.24, 2.45) is 0 Å². The van der Waals surface area contributed by atoms with Gasteiger partial charge in [0.05, 0.1) is 49.8 Å². The van der Waals surface area contributed by atoms with Gasteiger partial charge in [-0.3, -0.25) is 14.3 Å². The Morgan fingerprint density at radius 3 is 2.61 bits per heavy atom. The number of hydrogen-bond donors (Lipinski definition) is 2. The zero-order chi connectivity index (χ0) is 21.8. The van der Waals surface area contributed by atoms with E-state index in [9.17, 15) is 9.59 Å². The van der Waals surface area contributed by atoms with E-state index in [1.165, 1.54) is 7.11 Å². The summed E-state index contributed by atoms with van der Waals surface area (Å²) >= 11 is 0. The summed E-state index contributed by atoms with van der Waals surface area (Å²) in [5.74, 6) is 0.633. The zero-order valence-electron chi connectivity index (χ0n) is 17.4. The molecular weight excluding hydrogens is 396 g/mol. The normalized spacial score (nSPS) is 14.6.